The summed E-state index contributed by atoms with van der Waals surface area (Å²) in [5.41, 5.74) is 0. The first kappa shape index (κ1) is 15.4. The molecule has 0 rings (SSSR count). The van der Waals surface area contributed by atoms with Crippen LogP contribution in [-0.4, -0.2) is 11.7 Å². The van der Waals surface area contributed by atoms with Crippen molar-refractivity contribution in [2.24, 2.45) is 0 Å². The average molecular weight is 191 g/mol. The lowest BCUT2D eigenvalue weighted by Gasteiger charge is -1.98. The smallest absolute Gasteiger partial charge is 0.0431 e. The van der Waals surface area contributed by atoms with Crippen LogP contribution in [0.1, 0.15) is 58.3 Å². The topological polar surface area (TPSA) is 70.9 Å². The molecule has 0 saturated heterocycles. The lowest BCUT2D eigenvalue weighted by molar-refractivity contribution is -0.275. The largest absolute Gasteiger partial charge is 0.637 e. The highest BCUT2D eigenvalue weighted by atomic mass is 16.4. The zero-order valence-corrected chi connectivity index (χ0v) is 8.93. The van der Waals surface area contributed by atoms with E-state index in [4.69, 9.17) is 10.3 Å². The van der Waals surface area contributed by atoms with E-state index in [1.54, 1.807) is 0 Å². The molecule has 3 nitrogen and oxygen atoms in total. The van der Waals surface area contributed by atoms with E-state index in [-0.39, 0.29) is 0 Å². The summed E-state index contributed by atoms with van der Waals surface area (Å²) < 4.78 is 0. The lowest BCUT2D eigenvalue weighted by atomic mass is 10.1. The van der Waals surface area contributed by atoms with Crippen LogP contribution in [0.4, 0.5) is 0 Å². The number of unbranched alkanes of at least 4 members (excludes halogenated alkanes) is 7. The second kappa shape index (κ2) is 17.8. The fourth-order valence-corrected chi connectivity index (χ4v) is 1.25. The summed E-state index contributed by atoms with van der Waals surface area (Å²) in [5.74, 6) is 2.00. The molecule has 0 aliphatic carbocycles. The van der Waals surface area contributed by atoms with Crippen molar-refractivity contribution in [3.05, 3.63) is 5.21 Å². The molecule has 0 heterocycles. The molecule has 82 valence electrons. The maximum Gasteiger partial charge on any atom is 0.0431 e. The van der Waals surface area contributed by atoms with E-state index < -0.39 is 0 Å². The van der Waals surface area contributed by atoms with Gasteiger partial charge in [0.1, 0.15) is 0 Å². The Hall–Kier alpha value is -0.120. The van der Waals surface area contributed by atoms with Crippen molar-refractivity contribution in [1.82, 2.24) is 0 Å². The van der Waals surface area contributed by atoms with Gasteiger partial charge in [-0.25, -0.2) is 0 Å². The molecule has 0 spiro atoms. The maximum atomic E-state index is 8.51. The summed E-state index contributed by atoms with van der Waals surface area (Å²) in [6.07, 6.45) is 10.4. The number of quaternary nitrogens is 1. The molecule has 0 aliphatic heterocycles. The third-order valence-corrected chi connectivity index (χ3v) is 2.01. The fraction of sp³-hybridized carbons (Fsp3) is 1.00. The molecule has 13 heavy (non-hydrogen) atoms. The van der Waals surface area contributed by atoms with E-state index in [1.807, 2.05) is 5.90 Å². The third-order valence-electron chi connectivity index (χ3n) is 2.01. The van der Waals surface area contributed by atoms with Gasteiger partial charge in [0.15, 0.2) is 0 Å². The maximum absolute atomic E-state index is 8.51. The van der Waals surface area contributed by atoms with Gasteiger partial charge in [0.25, 0.3) is 0 Å². The highest BCUT2D eigenvalue weighted by Crippen LogP contribution is 2.07. The van der Waals surface area contributed by atoms with E-state index in [0.717, 1.165) is 6.42 Å². The van der Waals surface area contributed by atoms with Crippen LogP contribution >= 0.6 is 0 Å². The van der Waals surface area contributed by atoms with Crippen molar-refractivity contribution in [3.63, 3.8) is 0 Å². The molecule has 0 bridgehead atoms. The number of hydrogen-bond donors (Lipinski definition) is 2. The lowest BCUT2D eigenvalue weighted by Crippen LogP contribution is -2.37. The van der Waals surface area contributed by atoms with E-state index >= 15 is 0 Å². The van der Waals surface area contributed by atoms with Crippen LogP contribution in [-0.2, 0) is 0 Å². The molecule has 0 radical (unpaired) electrons. The van der Waals surface area contributed by atoms with Gasteiger partial charge in [-0.05, 0) is 6.42 Å². The second-order valence-corrected chi connectivity index (χ2v) is 3.20. The van der Waals surface area contributed by atoms with Gasteiger partial charge in [-0.3, -0.25) is 0 Å². The van der Waals surface area contributed by atoms with Gasteiger partial charge in [0.2, 0.25) is 0 Å². The Labute approximate surface area is 81.9 Å². The quantitative estimate of drug-likeness (QED) is 0.454. The van der Waals surface area contributed by atoms with Crippen LogP contribution in [0, 0.1) is 5.21 Å². The molecule has 0 unspecified atom stereocenters. The van der Waals surface area contributed by atoms with E-state index in [9.17, 15) is 0 Å². The Kier molecular flexibility index (Phi) is 21.1. The van der Waals surface area contributed by atoms with Crippen molar-refractivity contribution in [2.75, 3.05) is 6.61 Å². The zero-order valence-electron chi connectivity index (χ0n) is 8.93. The predicted molar refractivity (Wildman–Crippen MR) is 56.0 cm³/mol. The van der Waals surface area contributed by atoms with Crippen molar-refractivity contribution in [3.8, 4) is 0 Å². The van der Waals surface area contributed by atoms with Crippen molar-refractivity contribution in [2.45, 2.75) is 58.3 Å². The van der Waals surface area contributed by atoms with E-state index in [0.29, 0.717) is 6.61 Å². The number of aliphatic hydroxyl groups excluding tert-OH is 1. The molecule has 3 heteroatoms. The molecule has 4 N–H and O–H groups in total. The molecular weight excluding hydrogens is 166 g/mol. The van der Waals surface area contributed by atoms with Crippen LogP contribution in [0.15, 0.2) is 0 Å². The summed E-state index contributed by atoms with van der Waals surface area (Å²) in [6.45, 7) is 2.61. The summed E-state index contributed by atoms with van der Waals surface area (Å²) in [7, 11) is 0. The molecule has 0 atom stereocenters. The minimum atomic E-state index is 0.370. The van der Waals surface area contributed by atoms with Crippen LogP contribution < -0.4 is 5.90 Å². The third kappa shape index (κ3) is 18.7. The second-order valence-electron chi connectivity index (χ2n) is 3.20. The molecule has 0 aromatic rings. The van der Waals surface area contributed by atoms with Crippen LogP contribution in [0.25, 0.3) is 0 Å². The summed E-state index contributed by atoms with van der Waals surface area (Å²) in [4.78, 5) is 0. The highest BCUT2D eigenvalue weighted by Gasteiger charge is 1.89. The number of hydrogen-bond acceptors (Lipinski definition) is 2. The Morgan fingerprint density at radius 2 is 1.23 bits per heavy atom. The SMILES string of the molecule is CCCCCCCCCCO.[NH3+][O-]. The summed E-state index contributed by atoms with van der Waals surface area (Å²) in [5, 5.41) is 16.5. The standard InChI is InChI=1S/C10H22O.H3NO/c1-2-3-4-5-6-7-8-9-10-11;1-2/h11H,2-10H2,1H3;1H3. The molecule has 0 aromatic heterocycles. The van der Waals surface area contributed by atoms with Gasteiger partial charge in [-0.2, -0.15) is 0 Å². The first-order chi connectivity index (χ1) is 6.41. The summed E-state index contributed by atoms with van der Waals surface area (Å²) in [6, 6.07) is 0. The van der Waals surface area contributed by atoms with Gasteiger partial charge in [0.05, 0.1) is 0 Å². The normalized spacial score (nSPS) is 9.23. The Morgan fingerprint density at radius 1 is 0.846 bits per heavy atom. The van der Waals surface area contributed by atoms with Crippen molar-refractivity contribution in [1.29, 1.82) is 0 Å². The zero-order chi connectivity index (χ0) is 10.4. The van der Waals surface area contributed by atoms with Crippen LogP contribution in [0.5, 0.6) is 0 Å². The molecule has 0 aromatic carbocycles. The van der Waals surface area contributed by atoms with E-state index in [1.165, 1.54) is 44.9 Å². The molecule has 0 aliphatic rings. The van der Waals surface area contributed by atoms with Gasteiger partial charge < -0.3 is 16.2 Å². The first-order valence-corrected chi connectivity index (χ1v) is 5.31. The predicted octanol–water partition coefficient (Wildman–Crippen LogP) is 1.85. The summed E-state index contributed by atoms with van der Waals surface area (Å²) >= 11 is 0. The van der Waals surface area contributed by atoms with Gasteiger partial charge in [-0.1, -0.05) is 51.9 Å². The van der Waals surface area contributed by atoms with Crippen molar-refractivity contribution < 1.29 is 11.0 Å². The van der Waals surface area contributed by atoms with Gasteiger partial charge in [-0.15, -0.1) is 0 Å². The first-order valence-electron chi connectivity index (χ1n) is 5.31. The Bertz CT molecular complexity index is 61.9. The highest BCUT2D eigenvalue weighted by molar-refractivity contribution is 4.44. The average Bonchev–Trinajstić information content (AvgIpc) is 2.20. The monoisotopic (exact) mass is 191 g/mol. The number of rotatable bonds is 8. The Morgan fingerprint density at radius 3 is 1.62 bits per heavy atom. The minimum absolute atomic E-state index is 0.370. The fourth-order valence-electron chi connectivity index (χ4n) is 1.25. The van der Waals surface area contributed by atoms with Gasteiger partial charge in [0, 0.05) is 6.61 Å². The van der Waals surface area contributed by atoms with Gasteiger partial charge >= 0.3 is 0 Å². The Balaban J connectivity index is 0. The molecule has 0 fully saturated rings. The molecule has 0 saturated carbocycles. The molecular formula is C10H25NO2. The van der Waals surface area contributed by atoms with Crippen LogP contribution in [0.2, 0.25) is 0 Å². The minimum Gasteiger partial charge on any atom is -0.637 e. The number of aliphatic hydroxyl groups is 1. The van der Waals surface area contributed by atoms with Crippen molar-refractivity contribution >= 4 is 0 Å². The molecule has 0 amide bonds. The van der Waals surface area contributed by atoms with Crippen LogP contribution in [0.3, 0.4) is 0 Å². The van der Waals surface area contributed by atoms with E-state index in [2.05, 4.69) is 6.92 Å².